The van der Waals surface area contributed by atoms with E-state index in [4.69, 9.17) is 4.74 Å². The minimum Gasteiger partial charge on any atom is -0.379 e. The third-order valence-electron chi connectivity index (χ3n) is 3.99. The maximum atomic E-state index is 9.27. The highest BCUT2D eigenvalue weighted by molar-refractivity contribution is 5.52. The van der Waals surface area contributed by atoms with Crippen molar-refractivity contribution < 1.29 is 4.74 Å². The van der Waals surface area contributed by atoms with Gasteiger partial charge in [-0.3, -0.25) is 4.90 Å². The van der Waals surface area contributed by atoms with Crippen LogP contribution in [0, 0.1) is 11.3 Å². The van der Waals surface area contributed by atoms with Crippen molar-refractivity contribution >= 4 is 5.82 Å². The Morgan fingerprint density at radius 1 is 1.17 bits per heavy atom. The largest absolute Gasteiger partial charge is 0.379 e. The number of hydrogen-bond acceptors (Lipinski definition) is 5. The van der Waals surface area contributed by atoms with E-state index in [0.29, 0.717) is 11.4 Å². The van der Waals surface area contributed by atoms with E-state index < -0.39 is 0 Å². The Labute approximate surface area is 136 Å². The Bertz CT molecular complexity index is 662. The molecule has 1 fully saturated rings. The van der Waals surface area contributed by atoms with Gasteiger partial charge in [0.15, 0.2) is 0 Å². The molecule has 0 aliphatic carbocycles. The van der Waals surface area contributed by atoms with Gasteiger partial charge in [-0.2, -0.15) is 5.26 Å². The number of anilines is 1. The summed E-state index contributed by atoms with van der Waals surface area (Å²) in [5.74, 6) is 0.636. The summed E-state index contributed by atoms with van der Waals surface area (Å²) in [6, 6.07) is 16.1. The number of rotatable bonds is 5. The summed E-state index contributed by atoms with van der Waals surface area (Å²) in [6.45, 7) is 4.26. The average molecular weight is 308 g/mol. The van der Waals surface area contributed by atoms with Crippen LogP contribution in [0.3, 0.4) is 0 Å². The minimum absolute atomic E-state index is 0.0799. The molecule has 1 N–H and O–H groups in total. The summed E-state index contributed by atoms with van der Waals surface area (Å²) < 4.78 is 5.42. The second kappa shape index (κ2) is 7.73. The Kier molecular flexibility index (Phi) is 5.20. The zero-order chi connectivity index (χ0) is 15.9. The monoisotopic (exact) mass is 308 g/mol. The van der Waals surface area contributed by atoms with Crippen LogP contribution in [0.25, 0.3) is 0 Å². The molecular formula is C18H20N4O. The molecule has 23 heavy (non-hydrogen) atoms. The van der Waals surface area contributed by atoms with Gasteiger partial charge in [0.1, 0.15) is 11.9 Å². The molecule has 1 aliphatic heterocycles. The van der Waals surface area contributed by atoms with Gasteiger partial charge >= 0.3 is 0 Å². The molecule has 1 aromatic heterocycles. The molecule has 3 rings (SSSR count). The smallest absolute Gasteiger partial charge is 0.144 e. The second-order valence-corrected chi connectivity index (χ2v) is 5.53. The van der Waals surface area contributed by atoms with Crippen LogP contribution in [-0.4, -0.2) is 42.7 Å². The summed E-state index contributed by atoms with van der Waals surface area (Å²) in [5.41, 5.74) is 1.75. The molecule has 0 bridgehead atoms. The van der Waals surface area contributed by atoms with E-state index >= 15 is 0 Å². The SMILES string of the molecule is N#Cc1cccnc1NC(CN1CCOCC1)c1ccccc1. The van der Waals surface area contributed by atoms with Crippen molar-refractivity contribution in [2.75, 3.05) is 38.2 Å². The van der Waals surface area contributed by atoms with Gasteiger partial charge in [-0.25, -0.2) is 4.98 Å². The van der Waals surface area contributed by atoms with Gasteiger partial charge in [0.2, 0.25) is 0 Å². The van der Waals surface area contributed by atoms with Crippen LogP contribution in [0.15, 0.2) is 48.7 Å². The average Bonchev–Trinajstić information content (AvgIpc) is 2.63. The van der Waals surface area contributed by atoms with Crippen LogP contribution >= 0.6 is 0 Å². The first-order valence-corrected chi connectivity index (χ1v) is 7.83. The van der Waals surface area contributed by atoms with Crippen LogP contribution in [0.4, 0.5) is 5.82 Å². The molecule has 1 aromatic carbocycles. The summed E-state index contributed by atoms with van der Waals surface area (Å²) >= 11 is 0. The van der Waals surface area contributed by atoms with Crippen molar-refractivity contribution in [3.63, 3.8) is 0 Å². The third kappa shape index (κ3) is 4.07. The van der Waals surface area contributed by atoms with Crippen LogP contribution in [0.5, 0.6) is 0 Å². The lowest BCUT2D eigenvalue weighted by atomic mass is 10.1. The summed E-state index contributed by atoms with van der Waals surface area (Å²) in [7, 11) is 0. The highest BCUT2D eigenvalue weighted by atomic mass is 16.5. The summed E-state index contributed by atoms with van der Waals surface area (Å²) in [6.07, 6.45) is 1.71. The molecule has 0 saturated carbocycles. The van der Waals surface area contributed by atoms with Gasteiger partial charge in [0.05, 0.1) is 24.8 Å². The Morgan fingerprint density at radius 2 is 1.96 bits per heavy atom. The van der Waals surface area contributed by atoms with Gasteiger partial charge in [-0.1, -0.05) is 30.3 Å². The number of nitriles is 1. The van der Waals surface area contributed by atoms with E-state index in [1.54, 1.807) is 18.3 Å². The van der Waals surface area contributed by atoms with Gasteiger partial charge in [-0.05, 0) is 17.7 Å². The lowest BCUT2D eigenvalue weighted by Gasteiger charge is -2.31. The Morgan fingerprint density at radius 3 is 2.70 bits per heavy atom. The van der Waals surface area contributed by atoms with Crippen LogP contribution in [0.1, 0.15) is 17.2 Å². The fraction of sp³-hybridized carbons (Fsp3) is 0.333. The number of ether oxygens (including phenoxy) is 1. The third-order valence-corrected chi connectivity index (χ3v) is 3.99. The Hall–Kier alpha value is -2.42. The van der Waals surface area contributed by atoms with Crippen LogP contribution < -0.4 is 5.32 Å². The number of nitrogens with one attached hydrogen (secondary N) is 1. The molecule has 1 aliphatic rings. The standard InChI is InChI=1S/C18H20N4O/c19-13-16-7-4-8-20-18(16)21-17(15-5-2-1-3-6-15)14-22-9-11-23-12-10-22/h1-8,17H,9-12,14H2,(H,20,21). The van der Waals surface area contributed by atoms with E-state index in [9.17, 15) is 5.26 Å². The van der Waals surface area contributed by atoms with Crippen molar-refractivity contribution in [1.29, 1.82) is 5.26 Å². The summed E-state index contributed by atoms with van der Waals surface area (Å²) in [4.78, 5) is 6.71. The molecule has 0 radical (unpaired) electrons. The number of benzene rings is 1. The van der Waals surface area contributed by atoms with E-state index in [2.05, 4.69) is 33.4 Å². The molecular weight excluding hydrogens is 288 g/mol. The first-order valence-electron chi connectivity index (χ1n) is 7.83. The number of hydrogen-bond donors (Lipinski definition) is 1. The highest BCUT2D eigenvalue weighted by Gasteiger charge is 2.19. The van der Waals surface area contributed by atoms with Crippen LogP contribution in [0.2, 0.25) is 0 Å². The lowest BCUT2D eigenvalue weighted by Crippen LogP contribution is -2.40. The fourth-order valence-electron chi connectivity index (χ4n) is 2.74. The zero-order valence-corrected chi connectivity index (χ0v) is 13.0. The predicted molar refractivity (Wildman–Crippen MR) is 89.0 cm³/mol. The molecule has 5 heteroatoms. The summed E-state index contributed by atoms with van der Waals surface area (Å²) in [5, 5.41) is 12.7. The molecule has 1 atom stereocenters. The maximum absolute atomic E-state index is 9.27. The molecule has 118 valence electrons. The minimum atomic E-state index is 0.0799. The predicted octanol–water partition coefficient (Wildman–Crippen LogP) is 2.44. The first-order chi connectivity index (χ1) is 11.4. The topological polar surface area (TPSA) is 61.2 Å². The quantitative estimate of drug-likeness (QED) is 0.919. The van der Waals surface area contributed by atoms with Crippen molar-refractivity contribution in [3.8, 4) is 6.07 Å². The number of aromatic nitrogens is 1. The second-order valence-electron chi connectivity index (χ2n) is 5.53. The molecule has 2 heterocycles. The van der Waals surface area contributed by atoms with E-state index in [1.165, 1.54) is 5.56 Å². The number of pyridine rings is 1. The Balaban J connectivity index is 1.81. The number of morpholine rings is 1. The molecule has 1 unspecified atom stereocenters. The molecule has 5 nitrogen and oxygen atoms in total. The van der Waals surface area contributed by atoms with Crippen molar-refractivity contribution in [1.82, 2.24) is 9.88 Å². The van der Waals surface area contributed by atoms with E-state index in [-0.39, 0.29) is 6.04 Å². The zero-order valence-electron chi connectivity index (χ0n) is 13.0. The molecule has 1 saturated heterocycles. The van der Waals surface area contributed by atoms with Gasteiger partial charge in [0, 0.05) is 25.8 Å². The molecule has 0 spiro atoms. The fourth-order valence-corrected chi connectivity index (χ4v) is 2.74. The maximum Gasteiger partial charge on any atom is 0.144 e. The highest BCUT2D eigenvalue weighted by Crippen LogP contribution is 2.22. The van der Waals surface area contributed by atoms with Crippen LogP contribution in [-0.2, 0) is 4.74 Å². The lowest BCUT2D eigenvalue weighted by molar-refractivity contribution is 0.0360. The van der Waals surface area contributed by atoms with E-state index in [0.717, 1.165) is 32.8 Å². The van der Waals surface area contributed by atoms with Gasteiger partial charge < -0.3 is 10.1 Å². The van der Waals surface area contributed by atoms with Crippen molar-refractivity contribution in [2.24, 2.45) is 0 Å². The van der Waals surface area contributed by atoms with Gasteiger partial charge in [0.25, 0.3) is 0 Å². The molecule has 0 amide bonds. The van der Waals surface area contributed by atoms with Crippen molar-refractivity contribution in [3.05, 3.63) is 59.8 Å². The van der Waals surface area contributed by atoms with E-state index in [1.807, 2.05) is 18.2 Å². The normalized spacial score (nSPS) is 16.5. The van der Waals surface area contributed by atoms with Crippen molar-refractivity contribution in [2.45, 2.75) is 6.04 Å². The first kappa shape index (κ1) is 15.5. The number of nitrogens with zero attached hydrogens (tertiary/aromatic N) is 3. The molecule has 2 aromatic rings. The van der Waals surface area contributed by atoms with Gasteiger partial charge in [-0.15, -0.1) is 0 Å².